The van der Waals surface area contributed by atoms with Crippen molar-refractivity contribution in [1.29, 1.82) is 0 Å². The highest BCUT2D eigenvalue weighted by Crippen LogP contribution is 2.22. The van der Waals surface area contributed by atoms with Crippen LogP contribution in [0.3, 0.4) is 0 Å². The molecule has 138 valence electrons. The third-order valence-electron chi connectivity index (χ3n) is 4.52. The monoisotopic (exact) mass is 354 g/mol. The zero-order valence-corrected chi connectivity index (χ0v) is 15.2. The lowest BCUT2D eigenvalue weighted by Gasteiger charge is -2.31. The van der Waals surface area contributed by atoms with E-state index >= 15 is 0 Å². The van der Waals surface area contributed by atoms with Gasteiger partial charge in [-0.15, -0.1) is 0 Å². The average Bonchev–Trinajstić information content (AvgIpc) is 2.70. The fraction of sp³-hybridized carbons (Fsp3) is 0.450. The molecule has 26 heavy (non-hydrogen) atoms. The lowest BCUT2D eigenvalue weighted by atomic mass is 9.97. The van der Waals surface area contributed by atoms with Crippen LogP contribution in [0, 0.1) is 5.92 Å². The summed E-state index contributed by atoms with van der Waals surface area (Å²) >= 11 is 0. The quantitative estimate of drug-likeness (QED) is 0.771. The molecule has 1 N–H and O–H groups in total. The first-order valence-electron chi connectivity index (χ1n) is 9.32. The average molecular weight is 354 g/mol. The van der Waals surface area contributed by atoms with Gasteiger partial charge in [0.25, 0.3) is 0 Å². The zero-order valence-electron chi connectivity index (χ0n) is 15.2. The van der Waals surface area contributed by atoms with Crippen molar-refractivity contribution < 1.29 is 9.53 Å². The molecule has 6 heteroatoms. The second kappa shape index (κ2) is 9.17. The summed E-state index contributed by atoms with van der Waals surface area (Å²) in [6.07, 6.45) is 7.46. The maximum atomic E-state index is 12.6. The number of carbonyl (C=O) groups is 1. The molecule has 1 aromatic carbocycles. The molecule has 0 radical (unpaired) electrons. The van der Waals surface area contributed by atoms with Crippen LogP contribution in [0.5, 0.6) is 5.75 Å². The Kier molecular flexibility index (Phi) is 6.41. The Bertz CT molecular complexity index is 691. The summed E-state index contributed by atoms with van der Waals surface area (Å²) in [6.45, 7) is 4.39. The number of hydrogen-bond donors (Lipinski definition) is 1. The number of unbranched alkanes of at least 4 members (excludes halogenated alkanes) is 1. The van der Waals surface area contributed by atoms with Crippen LogP contribution in [-0.2, 0) is 4.79 Å². The number of piperidine rings is 1. The molecule has 1 fully saturated rings. The molecule has 1 saturated heterocycles. The summed E-state index contributed by atoms with van der Waals surface area (Å²) in [7, 11) is 0. The molecule has 0 spiro atoms. The normalized spacial score (nSPS) is 17.0. The van der Waals surface area contributed by atoms with Crippen molar-refractivity contribution in [3.63, 3.8) is 0 Å². The fourth-order valence-corrected chi connectivity index (χ4v) is 3.04. The Labute approximate surface area is 154 Å². The van der Waals surface area contributed by atoms with Gasteiger partial charge in [0.2, 0.25) is 11.9 Å². The van der Waals surface area contributed by atoms with Crippen molar-refractivity contribution >= 4 is 17.5 Å². The summed E-state index contributed by atoms with van der Waals surface area (Å²) in [5, 5.41) is 3.02. The van der Waals surface area contributed by atoms with Gasteiger partial charge in [-0.1, -0.05) is 13.3 Å². The number of nitrogens with one attached hydrogen (secondary N) is 1. The largest absolute Gasteiger partial charge is 0.494 e. The third kappa shape index (κ3) is 4.94. The van der Waals surface area contributed by atoms with E-state index in [9.17, 15) is 4.79 Å². The molecule has 0 bridgehead atoms. The highest BCUT2D eigenvalue weighted by Gasteiger charge is 2.27. The first-order chi connectivity index (χ1) is 12.8. The van der Waals surface area contributed by atoms with Crippen molar-refractivity contribution in [1.82, 2.24) is 9.97 Å². The lowest BCUT2D eigenvalue weighted by Crippen LogP contribution is -2.41. The van der Waals surface area contributed by atoms with Crippen LogP contribution >= 0.6 is 0 Å². The number of carbonyl (C=O) groups excluding carboxylic acids is 1. The van der Waals surface area contributed by atoms with Gasteiger partial charge in [-0.3, -0.25) is 4.79 Å². The van der Waals surface area contributed by atoms with E-state index in [2.05, 4.69) is 27.1 Å². The van der Waals surface area contributed by atoms with Gasteiger partial charge in [0.1, 0.15) is 5.75 Å². The van der Waals surface area contributed by atoms with Gasteiger partial charge in [-0.2, -0.15) is 0 Å². The Hall–Kier alpha value is -2.63. The molecule has 1 aliphatic heterocycles. The maximum absolute atomic E-state index is 12.6. The highest BCUT2D eigenvalue weighted by molar-refractivity contribution is 5.93. The van der Waals surface area contributed by atoms with E-state index in [1.165, 1.54) is 0 Å². The molecule has 1 aromatic heterocycles. The van der Waals surface area contributed by atoms with Crippen molar-refractivity contribution in [2.75, 3.05) is 29.9 Å². The Morgan fingerprint density at radius 1 is 1.27 bits per heavy atom. The van der Waals surface area contributed by atoms with Crippen molar-refractivity contribution in [2.24, 2.45) is 5.92 Å². The Morgan fingerprint density at radius 2 is 2.04 bits per heavy atom. The Balaban J connectivity index is 1.54. The first kappa shape index (κ1) is 18.2. The van der Waals surface area contributed by atoms with Crippen LogP contribution in [0.25, 0.3) is 0 Å². The zero-order chi connectivity index (χ0) is 18.2. The number of benzene rings is 1. The van der Waals surface area contributed by atoms with Crippen LogP contribution in [0.1, 0.15) is 32.6 Å². The molecule has 0 saturated carbocycles. The second-order valence-electron chi connectivity index (χ2n) is 6.55. The van der Waals surface area contributed by atoms with E-state index in [4.69, 9.17) is 4.74 Å². The summed E-state index contributed by atoms with van der Waals surface area (Å²) in [4.78, 5) is 23.3. The summed E-state index contributed by atoms with van der Waals surface area (Å²) < 4.78 is 5.65. The highest BCUT2D eigenvalue weighted by atomic mass is 16.5. The summed E-state index contributed by atoms with van der Waals surface area (Å²) in [5.41, 5.74) is 0.797. The van der Waals surface area contributed by atoms with E-state index in [0.717, 1.165) is 50.3 Å². The van der Waals surface area contributed by atoms with Gasteiger partial charge in [0.15, 0.2) is 0 Å². The predicted octanol–water partition coefficient (Wildman–Crippen LogP) is 3.51. The van der Waals surface area contributed by atoms with Gasteiger partial charge < -0.3 is 15.0 Å². The Morgan fingerprint density at radius 3 is 2.77 bits per heavy atom. The minimum Gasteiger partial charge on any atom is -0.494 e. The molecular formula is C20H26N4O2. The van der Waals surface area contributed by atoms with Gasteiger partial charge >= 0.3 is 0 Å². The molecule has 0 aliphatic carbocycles. The number of nitrogens with zero attached hydrogens (tertiary/aromatic N) is 3. The second-order valence-corrected chi connectivity index (χ2v) is 6.55. The van der Waals surface area contributed by atoms with Crippen molar-refractivity contribution in [2.45, 2.75) is 32.6 Å². The molecule has 3 rings (SSSR count). The number of ether oxygens (including phenoxy) is 1. The fourth-order valence-electron chi connectivity index (χ4n) is 3.04. The van der Waals surface area contributed by atoms with Crippen LogP contribution in [0.4, 0.5) is 11.6 Å². The molecule has 0 unspecified atom stereocenters. The summed E-state index contributed by atoms with van der Waals surface area (Å²) in [5.74, 6) is 1.51. The lowest BCUT2D eigenvalue weighted by molar-refractivity contribution is -0.120. The van der Waals surface area contributed by atoms with Crippen molar-refractivity contribution in [3.8, 4) is 5.75 Å². The van der Waals surface area contributed by atoms with E-state index in [1.54, 1.807) is 18.5 Å². The smallest absolute Gasteiger partial charge is 0.229 e. The number of anilines is 2. The van der Waals surface area contributed by atoms with Crippen LogP contribution < -0.4 is 15.0 Å². The molecule has 1 aliphatic rings. The molecule has 2 aromatic rings. The standard InChI is InChI=1S/C20H26N4O2/c1-2-3-14-26-18-9-7-17(8-10-18)23-19(25)16-6-4-13-24(15-16)20-21-11-5-12-22-20/h5,7-12,16H,2-4,6,13-15H2,1H3,(H,23,25)/t16-/m0/s1. The van der Waals surface area contributed by atoms with Crippen LogP contribution in [0.15, 0.2) is 42.7 Å². The topological polar surface area (TPSA) is 67.3 Å². The van der Waals surface area contributed by atoms with E-state index < -0.39 is 0 Å². The number of amides is 1. The van der Waals surface area contributed by atoms with Crippen LogP contribution in [0.2, 0.25) is 0 Å². The molecule has 6 nitrogen and oxygen atoms in total. The molecule has 1 amide bonds. The molecule has 2 heterocycles. The van der Waals surface area contributed by atoms with Crippen molar-refractivity contribution in [3.05, 3.63) is 42.7 Å². The predicted molar refractivity (Wildman–Crippen MR) is 102 cm³/mol. The number of aromatic nitrogens is 2. The number of hydrogen-bond acceptors (Lipinski definition) is 5. The summed E-state index contributed by atoms with van der Waals surface area (Å²) in [6, 6.07) is 9.37. The van der Waals surface area contributed by atoms with E-state index in [1.807, 2.05) is 24.3 Å². The van der Waals surface area contributed by atoms with Gasteiger partial charge in [-0.25, -0.2) is 9.97 Å². The number of rotatable bonds is 7. The molecular weight excluding hydrogens is 328 g/mol. The van der Waals surface area contributed by atoms with Gasteiger partial charge in [0.05, 0.1) is 12.5 Å². The SMILES string of the molecule is CCCCOc1ccc(NC(=O)[C@H]2CCCN(c3ncccn3)C2)cc1. The first-order valence-corrected chi connectivity index (χ1v) is 9.32. The van der Waals surface area contributed by atoms with E-state index in [0.29, 0.717) is 12.5 Å². The maximum Gasteiger partial charge on any atom is 0.229 e. The third-order valence-corrected chi connectivity index (χ3v) is 4.52. The van der Waals surface area contributed by atoms with Gasteiger partial charge in [0, 0.05) is 31.2 Å². The minimum atomic E-state index is -0.0620. The minimum absolute atomic E-state index is 0.0466. The van der Waals surface area contributed by atoms with Gasteiger partial charge in [-0.05, 0) is 49.6 Å². The van der Waals surface area contributed by atoms with Crippen LogP contribution in [-0.4, -0.2) is 35.6 Å². The van der Waals surface area contributed by atoms with E-state index in [-0.39, 0.29) is 11.8 Å². The molecule has 1 atom stereocenters.